The second kappa shape index (κ2) is 7.57. The maximum atomic E-state index is 6.10. The van der Waals surface area contributed by atoms with Gasteiger partial charge >= 0.3 is 0 Å². The van der Waals surface area contributed by atoms with E-state index in [9.17, 15) is 0 Å². The number of rotatable bonds is 6. The summed E-state index contributed by atoms with van der Waals surface area (Å²) in [5, 5.41) is 2.76. The largest absolute Gasteiger partial charge is 0.373 e. The molecule has 0 radical (unpaired) electrons. The summed E-state index contributed by atoms with van der Waals surface area (Å²) in [6.07, 6.45) is 0. The van der Waals surface area contributed by atoms with Crippen molar-refractivity contribution in [3.63, 3.8) is 0 Å². The summed E-state index contributed by atoms with van der Waals surface area (Å²) in [5.41, 5.74) is 0. The van der Waals surface area contributed by atoms with Gasteiger partial charge in [-0.15, -0.1) is 0 Å². The molecule has 0 spiro atoms. The highest BCUT2D eigenvalue weighted by Crippen LogP contribution is 2.39. The van der Waals surface area contributed by atoms with E-state index in [4.69, 9.17) is 4.74 Å². The Balaban J connectivity index is 2.25. The first-order chi connectivity index (χ1) is 9.68. The minimum atomic E-state index is -0.465. The van der Waals surface area contributed by atoms with Crippen molar-refractivity contribution in [1.82, 2.24) is 0 Å². The average molecular weight is 286 g/mol. The number of ether oxygens (including phenoxy) is 1. The summed E-state index contributed by atoms with van der Waals surface area (Å²) >= 11 is 0. The molecule has 0 aliphatic rings. The van der Waals surface area contributed by atoms with Gasteiger partial charge < -0.3 is 4.74 Å². The fraction of sp³-hybridized carbons (Fsp3) is 0.333. The normalized spacial score (nSPS) is 12.8. The second-order valence-electron chi connectivity index (χ2n) is 5.37. The van der Waals surface area contributed by atoms with E-state index in [0.717, 1.165) is 6.61 Å². The molecule has 0 amide bonds. The predicted octanol–water partition coefficient (Wildman–Crippen LogP) is 4.14. The van der Waals surface area contributed by atoms with E-state index in [1.54, 1.807) is 0 Å². The van der Waals surface area contributed by atoms with Crippen LogP contribution in [-0.2, 0) is 4.74 Å². The monoisotopic (exact) mass is 286 g/mol. The lowest BCUT2D eigenvalue weighted by Gasteiger charge is -2.26. The average Bonchev–Trinajstić information content (AvgIpc) is 2.48. The Morgan fingerprint density at radius 1 is 0.800 bits per heavy atom. The van der Waals surface area contributed by atoms with Gasteiger partial charge in [-0.1, -0.05) is 74.5 Å². The smallest absolute Gasteiger partial charge is 0.0820 e. The third kappa shape index (κ3) is 4.16. The molecule has 0 N–H and O–H groups in total. The maximum Gasteiger partial charge on any atom is 0.0820 e. The van der Waals surface area contributed by atoms with Crippen molar-refractivity contribution >= 4 is 18.5 Å². The molecule has 1 atom stereocenters. The lowest BCUT2D eigenvalue weighted by Crippen LogP contribution is -2.23. The van der Waals surface area contributed by atoms with Crippen molar-refractivity contribution in [2.45, 2.75) is 26.6 Å². The van der Waals surface area contributed by atoms with E-state index in [0.29, 0.717) is 5.92 Å². The number of hydrogen-bond acceptors (Lipinski definition) is 1. The lowest BCUT2D eigenvalue weighted by atomic mass is 10.2. The zero-order valence-electron chi connectivity index (χ0n) is 12.5. The molecule has 0 heterocycles. The predicted molar refractivity (Wildman–Crippen MR) is 89.3 cm³/mol. The Bertz CT molecular complexity index is 456. The van der Waals surface area contributed by atoms with Crippen molar-refractivity contribution in [3.05, 3.63) is 60.7 Å². The standard InChI is InChI=1S/C18H23OP/c1-15(2)14-19-16(3)20(17-10-6-4-7-11-17)18-12-8-5-9-13-18/h4-13,15-16H,14H2,1-3H3. The van der Waals surface area contributed by atoms with Crippen molar-refractivity contribution < 1.29 is 4.74 Å². The summed E-state index contributed by atoms with van der Waals surface area (Å²) in [5.74, 6) is 0.804. The zero-order valence-corrected chi connectivity index (χ0v) is 13.4. The highest BCUT2D eigenvalue weighted by molar-refractivity contribution is 7.73. The lowest BCUT2D eigenvalue weighted by molar-refractivity contribution is 0.0977. The molecule has 0 aliphatic carbocycles. The van der Waals surface area contributed by atoms with Gasteiger partial charge in [-0.2, -0.15) is 0 Å². The molecule has 0 aromatic heterocycles. The van der Waals surface area contributed by atoms with Crippen LogP contribution in [0.5, 0.6) is 0 Å². The van der Waals surface area contributed by atoms with Gasteiger partial charge in [-0.25, -0.2) is 0 Å². The molecule has 2 aromatic rings. The van der Waals surface area contributed by atoms with Crippen LogP contribution in [0, 0.1) is 5.92 Å². The molecule has 0 aliphatic heterocycles. The molecule has 0 fully saturated rings. The van der Waals surface area contributed by atoms with Crippen LogP contribution in [0.2, 0.25) is 0 Å². The fourth-order valence-electron chi connectivity index (χ4n) is 2.15. The summed E-state index contributed by atoms with van der Waals surface area (Å²) in [7, 11) is -0.465. The van der Waals surface area contributed by atoms with Gasteiger partial charge in [0.2, 0.25) is 0 Å². The first-order valence-electron chi connectivity index (χ1n) is 7.19. The first-order valence-corrected chi connectivity index (χ1v) is 8.60. The number of benzene rings is 2. The molecule has 1 unspecified atom stereocenters. The summed E-state index contributed by atoms with van der Waals surface area (Å²) in [6.45, 7) is 7.41. The molecule has 1 nitrogen and oxygen atoms in total. The van der Waals surface area contributed by atoms with Gasteiger partial charge in [0, 0.05) is 6.61 Å². The molecule has 2 heteroatoms. The van der Waals surface area contributed by atoms with Gasteiger partial charge in [-0.05, 0) is 31.4 Å². The van der Waals surface area contributed by atoms with Crippen molar-refractivity contribution in [2.75, 3.05) is 6.61 Å². The van der Waals surface area contributed by atoms with E-state index >= 15 is 0 Å². The third-order valence-electron chi connectivity index (χ3n) is 3.10. The second-order valence-corrected chi connectivity index (χ2v) is 7.87. The quantitative estimate of drug-likeness (QED) is 0.725. The Morgan fingerprint density at radius 3 is 1.65 bits per heavy atom. The zero-order chi connectivity index (χ0) is 14.4. The van der Waals surface area contributed by atoms with Gasteiger partial charge in [0.05, 0.1) is 5.85 Å². The van der Waals surface area contributed by atoms with Crippen LogP contribution in [0.4, 0.5) is 0 Å². The van der Waals surface area contributed by atoms with E-state index in [1.807, 2.05) is 0 Å². The van der Waals surface area contributed by atoms with Gasteiger partial charge in [0.15, 0.2) is 0 Å². The van der Waals surface area contributed by atoms with Crippen molar-refractivity contribution in [2.24, 2.45) is 5.92 Å². The van der Waals surface area contributed by atoms with E-state index in [2.05, 4.69) is 81.4 Å². The molecular weight excluding hydrogens is 263 g/mol. The molecule has 2 aromatic carbocycles. The summed E-state index contributed by atoms with van der Waals surface area (Å²) in [6, 6.07) is 21.5. The Labute approximate surface area is 123 Å². The molecule has 0 saturated carbocycles. The SMILES string of the molecule is CC(C)COC(C)P(c1ccccc1)c1ccccc1. The molecule has 0 saturated heterocycles. The minimum absolute atomic E-state index is 0.234. The molecule has 106 valence electrons. The molecular formula is C18H23OP. The van der Waals surface area contributed by atoms with Crippen LogP contribution >= 0.6 is 7.92 Å². The first kappa shape index (κ1) is 15.2. The van der Waals surface area contributed by atoms with Crippen LogP contribution in [0.1, 0.15) is 20.8 Å². The van der Waals surface area contributed by atoms with Crippen LogP contribution in [-0.4, -0.2) is 12.5 Å². The van der Waals surface area contributed by atoms with Crippen LogP contribution < -0.4 is 10.6 Å². The number of hydrogen-bond donors (Lipinski definition) is 0. The third-order valence-corrected chi connectivity index (χ3v) is 5.69. The maximum absolute atomic E-state index is 6.10. The van der Waals surface area contributed by atoms with Gasteiger partial charge in [0.25, 0.3) is 0 Å². The molecule has 2 rings (SSSR count). The minimum Gasteiger partial charge on any atom is -0.373 e. The Hall–Kier alpha value is -1.17. The Kier molecular flexibility index (Phi) is 5.76. The van der Waals surface area contributed by atoms with E-state index in [1.165, 1.54) is 10.6 Å². The fourth-order valence-corrected chi connectivity index (χ4v) is 4.51. The Morgan fingerprint density at radius 2 is 1.25 bits per heavy atom. The van der Waals surface area contributed by atoms with Crippen molar-refractivity contribution in [1.29, 1.82) is 0 Å². The summed E-state index contributed by atoms with van der Waals surface area (Å²) in [4.78, 5) is 0. The van der Waals surface area contributed by atoms with Crippen molar-refractivity contribution in [3.8, 4) is 0 Å². The van der Waals surface area contributed by atoms with Crippen LogP contribution in [0.3, 0.4) is 0 Å². The van der Waals surface area contributed by atoms with Gasteiger partial charge in [-0.3, -0.25) is 0 Å². The van der Waals surface area contributed by atoms with E-state index in [-0.39, 0.29) is 5.85 Å². The summed E-state index contributed by atoms with van der Waals surface area (Å²) < 4.78 is 6.10. The van der Waals surface area contributed by atoms with Gasteiger partial charge in [0.1, 0.15) is 0 Å². The topological polar surface area (TPSA) is 9.23 Å². The highest BCUT2D eigenvalue weighted by Gasteiger charge is 2.21. The molecule has 20 heavy (non-hydrogen) atoms. The van der Waals surface area contributed by atoms with Crippen LogP contribution in [0.25, 0.3) is 0 Å². The molecule has 0 bridgehead atoms. The highest BCUT2D eigenvalue weighted by atomic mass is 31.1. The van der Waals surface area contributed by atoms with Crippen LogP contribution in [0.15, 0.2) is 60.7 Å². The van der Waals surface area contributed by atoms with E-state index < -0.39 is 7.92 Å².